The van der Waals surface area contributed by atoms with Crippen molar-refractivity contribution in [1.82, 2.24) is 0 Å². The van der Waals surface area contributed by atoms with Gasteiger partial charge in [-0.05, 0) is 13.8 Å². The number of alkyl halides is 2. The molecule has 0 amide bonds. The minimum Gasteiger partial charge on any atom is -0.457 e. The lowest BCUT2D eigenvalue weighted by Crippen LogP contribution is -2.25. The maximum Gasteiger partial charge on any atom is 0.315 e. The van der Waals surface area contributed by atoms with Gasteiger partial charge >= 0.3 is 5.97 Å². The van der Waals surface area contributed by atoms with Crippen LogP contribution in [0.2, 0.25) is 0 Å². The van der Waals surface area contributed by atoms with Crippen LogP contribution in [-0.2, 0) is 14.3 Å². The first-order chi connectivity index (χ1) is 8.15. The Bertz CT molecular complexity index is 475. The van der Waals surface area contributed by atoms with E-state index in [4.69, 9.17) is 38.9 Å². The molecule has 18 heavy (non-hydrogen) atoms. The molecule has 1 aliphatic rings. The van der Waals surface area contributed by atoms with Crippen LogP contribution in [0.4, 0.5) is 0 Å². The molecule has 1 unspecified atom stereocenters. The molecular weight excluding hydrogens is 279 g/mol. The van der Waals surface area contributed by atoms with Crippen molar-refractivity contribution in [1.29, 1.82) is 5.26 Å². The third-order valence-electron chi connectivity index (χ3n) is 2.83. The third kappa shape index (κ3) is 2.60. The summed E-state index contributed by atoms with van der Waals surface area (Å²) < 4.78 is 3.65. The highest BCUT2D eigenvalue weighted by Crippen LogP contribution is 2.64. The summed E-state index contributed by atoms with van der Waals surface area (Å²) in [6, 6.07) is 1.66. The highest BCUT2D eigenvalue weighted by Gasteiger charge is 2.69. The lowest BCUT2D eigenvalue weighted by molar-refractivity contribution is -0.152. The summed E-state index contributed by atoms with van der Waals surface area (Å²) in [6.07, 6.45) is 0.271. The Morgan fingerprint density at radius 2 is 2.00 bits per heavy atom. The first-order valence-electron chi connectivity index (χ1n) is 5.10. The quantitative estimate of drug-likeness (QED) is 0.366. The van der Waals surface area contributed by atoms with Crippen molar-refractivity contribution >= 4 is 35.0 Å². The number of ketones is 1. The van der Waals surface area contributed by atoms with E-state index in [-0.39, 0.29) is 17.7 Å². The fraction of sp³-hybridized carbons (Fsp3) is 0.545. The number of allylic oxidation sites excluding steroid dienone is 1. The molecule has 0 aromatic carbocycles. The standard InChI is InChI=1S/C11H12Cl2N2O3/c1-6(15)7(3-14)8(16)4-18-9(17)10(2)5-11(10,12)13/h4-5,15H2,1-2H3/b7-6+. The van der Waals surface area contributed by atoms with Gasteiger partial charge in [0.25, 0.3) is 0 Å². The maximum atomic E-state index is 11.7. The minimum absolute atomic E-state index is 0.0835. The Balaban J connectivity index is 2.59. The summed E-state index contributed by atoms with van der Waals surface area (Å²) in [4.78, 5) is 23.2. The molecule has 0 saturated heterocycles. The van der Waals surface area contributed by atoms with Gasteiger partial charge in [-0.25, -0.2) is 0 Å². The number of ether oxygens (including phenoxy) is 1. The van der Waals surface area contributed by atoms with E-state index in [1.165, 1.54) is 6.92 Å². The van der Waals surface area contributed by atoms with E-state index >= 15 is 0 Å². The number of hydrogen-bond donors (Lipinski definition) is 1. The second-order valence-electron chi connectivity index (χ2n) is 4.38. The van der Waals surface area contributed by atoms with Crippen molar-refractivity contribution in [3.8, 4) is 6.07 Å². The molecular formula is C11H12Cl2N2O3. The number of carbonyl (C=O) groups excluding carboxylic acids is 2. The molecule has 0 aromatic heterocycles. The van der Waals surface area contributed by atoms with Crippen molar-refractivity contribution < 1.29 is 14.3 Å². The van der Waals surface area contributed by atoms with Crippen molar-refractivity contribution in [3.63, 3.8) is 0 Å². The van der Waals surface area contributed by atoms with Crippen LogP contribution in [0.5, 0.6) is 0 Å². The minimum atomic E-state index is -1.15. The monoisotopic (exact) mass is 290 g/mol. The zero-order valence-electron chi connectivity index (χ0n) is 9.92. The number of nitrogens with two attached hydrogens (primary N) is 1. The van der Waals surface area contributed by atoms with Crippen LogP contribution in [0.1, 0.15) is 20.3 Å². The van der Waals surface area contributed by atoms with Crippen LogP contribution in [0.25, 0.3) is 0 Å². The van der Waals surface area contributed by atoms with Crippen molar-refractivity contribution in [2.45, 2.75) is 24.6 Å². The first-order valence-corrected chi connectivity index (χ1v) is 5.86. The van der Waals surface area contributed by atoms with Gasteiger partial charge in [-0.3, -0.25) is 9.59 Å². The average Bonchev–Trinajstić information content (AvgIpc) is 2.76. The van der Waals surface area contributed by atoms with Crippen molar-refractivity contribution in [2.24, 2.45) is 11.1 Å². The molecule has 0 radical (unpaired) electrons. The summed E-state index contributed by atoms with van der Waals surface area (Å²) in [6.45, 7) is 2.42. The van der Waals surface area contributed by atoms with Gasteiger partial charge in [-0.2, -0.15) is 5.26 Å². The number of nitriles is 1. The van der Waals surface area contributed by atoms with Crippen LogP contribution in [0, 0.1) is 16.7 Å². The molecule has 98 valence electrons. The van der Waals surface area contributed by atoms with Crippen LogP contribution < -0.4 is 5.73 Å². The van der Waals surface area contributed by atoms with Gasteiger partial charge in [0.05, 0.1) is 0 Å². The van der Waals surface area contributed by atoms with Crippen LogP contribution >= 0.6 is 23.2 Å². The van der Waals surface area contributed by atoms with E-state index in [0.717, 1.165) is 0 Å². The fourth-order valence-corrected chi connectivity index (χ4v) is 2.04. The van der Waals surface area contributed by atoms with Crippen molar-refractivity contribution in [2.75, 3.05) is 6.61 Å². The second-order valence-corrected chi connectivity index (χ2v) is 5.87. The number of hydrogen-bond acceptors (Lipinski definition) is 5. The molecule has 0 spiro atoms. The SMILES string of the molecule is C/C(N)=C(/C#N)C(=O)COC(=O)C1(C)CC1(Cl)Cl. The topological polar surface area (TPSA) is 93.2 Å². The van der Waals surface area contributed by atoms with Crippen LogP contribution in [0.3, 0.4) is 0 Å². The lowest BCUT2D eigenvalue weighted by Gasteiger charge is -2.11. The van der Waals surface area contributed by atoms with E-state index in [1.54, 1.807) is 13.0 Å². The molecule has 0 aromatic rings. The predicted octanol–water partition coefficient (Wildman–Crippen LogP) is 1.44. The molecule has 1 aliphatic carbocycles. The van der Waals surface area contributed by atoms with Gasteiger partial charge in [-0.15, -0.1) is 23.2 Å². The third-order valence-corrected chi connectivity index (χ3v) is 3.93. The predicted molar refractivity (Wildman–Crippen MR) is 65.6 cm³/mol. The number of rotatable bonds is 4. The first kappa shape index (κ1) is 14.8. The molecule has 0 aliphatic heterocycles. The van der Waals surface area contributed by atoms with Gasteiger partial charge in [0.2, 0.25) is 5.78 Å². The molecule has 1 rings (SSSR count). The Morgan fingerprint density at radius 1 is 1.50 bits per heavy atom. The van der Waals surface area contributed by atoms with E-state index in [9.17, 15) is 9.59 Å². The molecule has 5 nitrogen and oxygen atoms in total. The number of carbonyl (C=O) groups is 2. The van der Waals surface area contributed by atoms with Gasteiger partial charge in [0, 0.05) is 12.1 Å². The van der Waals surface area contributed by atoms with E-state index in [0.29, 0.717) is 0 Å². The Morgan fingerprint density at radius 3 is 2.33 bits per heavy atom. The molecule has 1 fully saturated rings. The molecule has 0 heterocycles. The number of Topliss-reactive ketones (excluding diaryl/α,β-unsaturated/α-hetero) is 1. The Kier molecular flexibility index (Phi) is 3.94. The summed E-state index contributed by atoms with van der Waals surface area (Å²) in [5.74, 6) is -1.31. The normalized spacial score (nSPS) is 25.7. The van der Waals surface area contributed by atoms with Gasteiger partial charge in [0.1, 0.15) is 21.4 Å². The average molecular weight is 291 g/mol. The maximum absolute atomic E-state index is 11.7. The number of nitrogens with zero attached hydrogens (tertiary/aromatic N) is 1. The Hall–Kier alpha value is -1.25. The fourth-order valence-electron chi connectivity index (χ4n) is 1.35. The highest BCUT2D eigenvalue weighted by molar-refractivity contribution is 6.53. The summed E-state index contributed by atoms with van der Waals surface area (Å²) >= 11 is 11.6. The zero-order valence-corrected chi connectivity index (χ0v) is 11.4. The Labute approximate surface area is 114 Å². The van der Waals surface area contributed by atoms with E-state index in [1.807, 2.05) is 0 Å². The number of esters is 1. The highest BCUT2D eigenvalue weighted by atomic mass is 35.5. The number of halogens is 2. The van der Waals surface area contributed by atoms with Crippen LogP contribution in [-0.4, -0.2) is 22.7 Å². The second kappa shape index (κ2) is 4.79. The van der Waals surface area contributed by atoms with Gasteiger partial charge < -0.3 is 10.5 Å². The molecule has 1 saturated carbocycles. The molecule has 2 N–H and O–H groups in total. The molecule has 1 atom stereocenters. The zero-order chi connectivity index (χ0) is 14.1. The van der Waals surface area contributed by atoms with Crippen molar-refractivity contribution in [3.05, 3.63) is 11.3 Å². The lowest BCUT2D eigenvalue weighted by atomic mass is 10.1. The molecule has 0 bridgehead atoms. The smallest absolute Gasteiger partial charge is 0.315 e. The van der Waals surface area contributed by atoms with Gasteiger partial charge in [0.15, 0.2) is 6.61 Å². The van der Waals surface area contributed by atoms with Crippen LogP contribution in [0.15, 0.2) is 11.3 Å². The van der Waals surface area contributed by atoms with E-state index < -0.39 is 28.1 Å². The summed E-state index contributed by atoms with van der Waals surface area (Å²) in [5.41, 5.74) is 4.22. The molecule has 7 heteroatoms. The van der Waals surface area contributed by atoms with Gasteiger partial charge in [-0.1, -0.05) is 0 Å². The summed E-state index contributed by atoms with van der Waals surface area (Å²) in [5, 5.41) is 8.70. The largest absolute Gasteiger partial charge is 0.457 e. The summed E-state index contributed by atoms with van der Waals surface area (Å²) in [7, 11) is 0. The van der Waals surface area contributed by atoms with E-state index in [2.05, 4.69) is 0 Å².